The van der Waals surface area contributed by atoms with Crippen LogP contribution in [0.2, 0.25) is 0 Å². The summed E-state index contributed by atoms with van der Waals surface area (Å²) in [4.78, 5) is 11.0. The number of nitrogens with zero attached hydrogens (tertiary/aromatic N) is 4. The molecule has 100 valence electrons. The van der Waals surface area contributed by atoms with Gasteiger partial charge in [0, 0.05) is 36.3 Å². The van der Waals surface area contributed by atoms with Gasteiger partial charge in [-0.3, -0.25) is 10.1 Å². The molecule has 2 aromatic rings. The van der Waals surface area contributed by atoms with E-state index in [0.29, 0.717) is 11.9 Å². The molecule has 1 saturated heterocycles. The summed E-state index contributed by atoms with van der Waals surface area (Å²) >= 11 is 3.37. The first-order valence-corrected chi connectivity index (χ1v) is 7.04. The van der Waals surface area contributed by atoms with Crippen LogP contribution in [-0.4, -0.2) is 45.8 Å². The lowest BCUT2D eigenvalue weighted by molar-refractivity contribution is 0.480. The monoisotopic (exact) mass is 322 g/mol. The van der Waals surface area contributed by atoms with Crippen LogP contribution in [0.3, 0.4) is 0 Å². The van der Waals surface area contributed by atoms with Crippen LogP contribution in [0.25, 0.3) is 11.5 Å². The zero-order chi connectivity index (χ0) is 13.2. The lowest BCUT2D eigenvalue weighted by atomic mass is 10.2. The van der Waals surface area contributed by atoms with E-state index in [-0.39, 0.29) is 0 Å². The van der Waals surface area contributed by atoms with E-state index in [1.165, 1.54) is 0 Å². The normalized spacial score (nSPS) is 19.7. The van der Waals surface area contributed by atoms with Crippen LogP contribution < -0.4 is 10.2 Å². The number of nitrogens with one attached hydrogen (secondary N) is 2. The highest BCUT2D eigenvalue weighted by atomic mass is 79.9. The van der Waals surface area contributed by atoms with Crippen molar-refractivity contribution in [2.75, 3.05) is 24.5 Å². The predicted molar refractivity (Wildman–Crippen MR) is 77.0 cm³/mol. The standard InChI is InChI=1S/C12H15BrN6/c1-8-7-19(5-4-14-8)12-16-11(17-18-12)10-3-2-9(13)6-15-10/h2-3,6,8,14H,4-5,7H2,1H3,(H,16,17,18)/t8-/m0/s1. The van der Waals surface area contributed by atoms with Crippen molar-refractivity contribution in [3.8, 4) is 11.5 Å². The number of piperazine rings is 1. The van der Waals surface area contributed by atoms with Gasteiger partial charge < -0.3 is 10.2 Å². The van der Waals surface area contributed by atoms with Crippen molar-refractivity contribution >= 4 is 21.9 Å². The van der Waals surface area contributed by atoms with Gasteiger partial charge in [0.05, 0.1) is 0 Å². The van der Waals surface area contributed by atoms with Crippen LogP contribution in [0.4, 0.5) is 5.95 Å². The molecule has 6 nitrogen and oxygen atoms in total. The van der Waals surface area contributed by atoms with Gasteiger partial charge in [-0.1, -0.05) is 0 Å². The van der Waals surface area contributed by atoms with Gasteiger partial charge in [-0.2, -0.15) is 4.98 Å². The molecule has 0 aromatic carbocycles. The van der Waals surface area contributed by atoms with Gasteiger partial charge in [0.2, 0.25) is 5.95 Å². The Kier molecular flexibility index (Phi) is 3.48. The van der Waals surface area contributed by atoms with E-state index in [1.807, 2.05) is 12.1 Å². The molecule has 1 atom stereocenters. The summed E-state index contributed by atoms with van der Waals surface area (Å²) in [6, 6.07) is 4.31. The molecule has 1 aliphatic rings. The van der Waals surface area contributed by atoms with Crippen LogP contribution in [0.15, 0.2) is 22.8 Å². The smallest absolute Gasteiger partial charge is 0.245 e. The fourth-order valence-corrected chi connectivity index (χ4v) is 2.37. The number of pyridine rings is 1. The Labute approximate surface area is 119 Å². The SMILES string of the molecule is C[C@H]1CN(c2n[nH]c(-c3ccc(Br)cn3)n2)CCN1. The summed E-state index contributed by atoms with van der Waals surface area (Å²) in [5.41, 5.74) is 0.796. The molecule has 2 N–H and O–H groups in total. The minimum absolute atomic E-state index is 0.460. The third-order valence-electron chi connectivity index (χ3n) is 3.10. The van der Waals surface area contributed by atoms with Crippen LogP contribution in [0.1, 0.15) is 6.92 Å². The summed E-state index contributed by atoms with van der Waals surface area (Å²) in [5.74, 6) is 1.45. The van der Waals surface area contributed by atoms with Crippen molar-refractivity contribution < 1.29 is 0 Å². The molecular formula is C12H15BrN6. The number of anilines is 1. The Morgan fingerprint density at radius 3 is 3.05 bits per heavy atom. The summed E-state index contributed by atoms with van der Waals surface area (Å²) in [6.07, 6.45) is 1.75. The Bertz CT molecular complexity index is 552. The van der Waals surface area contributed by atoms with Crippen molar-refractivity contribution in [1.29, 1.82) is 0 Å². The van der Waals surface area contributed by atoms with E-state index in [2.05, 4.69) is 53.2 Å². The maximum Gasteiger partial charge on any atom is 0.245 e. The third kappa shape index (κ3) is 2.76. The second-order valence-corrected chi connectivity index (χ2v) is 5.56. The first kappa shape index (κ1) is 12.6. The highest BCUT2D eigenvalue weighted by Crippen LogP contribution is 2.18. The molecule has 3 rings (SSSR count). The molecule has 1 aliphatic heterocycles. The molecule has 0 radical (unpaired) electrons. The van der Waals surface area contributed by atoms with E-state index in [0.717, 1.165) is 35.7 Å². The Morgan fingerprint density at radius 2 is 2.32 bits per heavy atom. The lowest BCUT2D eigenvalue weighted by Crippen LogP contribution is -2.49. The fraction of sp³-hybridized carbons (Fsp3) is 0.417. The molecule has 0 aliphatic carbocycles. The molecule has 0 bridgehead atoms. The molecule has 0 unspecified atom stereocenters. The molecule has 3 heterocycles. The molecule has 0 saturated carbocycles. The van der Waals surface area contributed by atoms with Crippen molar-refractivity contribution in [3.63, 3.8) is 0 Å². The maximum absolute atomic E-state index is 4.52. The van der Waals surface area contributed by atoms with E-state index < -0.39 is 0 Å². The Balaban J connectivity index is 1.81. The zero-order valence-corrected chi connectivity index (χ0v) is 12.2. The highest BCUT2D eigenvalue weighted by Gasteiger charge is 2.19. The van der Waals surface area contributed by atoms with E-state index in [1.54, 1.807) is 6.20 Å². The second-order valence-electron chi connectivity index (χ2n) is 4.65. The second kappa shape index (κ2) is 5.26. The van der Waals surface area contributed by atoms with Gasteiger partial charge in [0.15, 0.2) is 5.82 Å². The number of aromatic nitrogens is 4. The average Bonchev–Trinajstić information content (AvgIpc) is 2.89. The number of aromatic amines is 1. The zero-order valence-electron chi connectivity index (χ0n) is 10.6. The van der Waals surface area contributed by atoms with E-state index in [9.17, 15) is 0 Å². The van der Waals surface area contributed by atoms with Crippen LogP contribution >= 0.6 is 15.9 Å². The Hall–Kier alpha value is -1.47. The number of halogens is 1. The van der Waals surface area contributed by atoms with Gasteiger partial charge in [0.1, 0.15) is 5.69 Å². The van der Waals surface area contributed by atoms with Crippen LogP contribution in [-0.2, 0) is 0 Å². The third-order valence-corrected chi connectivity index (χ3v) is 3.56. The summed E-state index contributed by atoms with van der Waals surface area (Å²) in [5, 5.41) is 10.6. The number of rotatable bonds is 2. The first-order valence-electron chi connectivity index (χ1n) is 6.25. The molecular weight excluding hydrogens is 308 g/mol. The maximum atomic E-state index is 4.52. The lowest BCUT2D eigenvalue weighted by Gasteiger charge is -2.30. The summed E-state index contributed by atoms with van der Waals surface area (Å²) < 4.78 is 0.951. The van der Waals surface area contributed by atoms with Crippen molar-refractivity contribution in [2.45, 2.75) is 13.0 Å². The largest absolute Gasteiger partial charge is 0.337 e. The fourth-order valence-electron chi connectivity index (χ4n) is 2.14. The topological polar surface area (TPSA) is 69.7 Å². The number of hydrogen-bond acceptors (Lipinski definition) is 5. The first-order chi connectivity index (χ1) is 9.22. The van der Waals surface area contributed by atoms with Gasteiger partial charge in [-0.05, 0) is 35.0 Å². The van der Waals surface area contributed by atoms with E-state index >= 15 is 0 Å². The quantitative estimate of drug-likeness (QED) is 0.875. The molecule has 19 heavy (non-hydrogen) atoms. The predicted octanol–water partition coefficient (Wildman–Crippen LogP) is 1.43. The molecule has 0 amide bonds. The van der Waals surface area contributed by atoms with Crippen LogP contribution in [0, 0.1) is 0 Å². The van der Waals surface area contributed by atoms with E-state index in [4.69, 9.17) is 0 Å². The minimum Gasteiger partial charge on any atom is -0.337 e. The summed E-state index contributed by atoms with van der Waals surface area (Å²) in [6.45, 7) is 4.97. The van der Waals surface area contributed by atoms with Crippen molar-refractivity contribution in [1.82, 2.24) is 25.5 Å². The average molecular weight is 323 g/mol. The van der Waals surface area contributed by atoms with Crippen LogP contribution in [0.5, 0.6) is 0 Å². The van der Waals surface area contributed by atoms with Gasteiger partial charge in [-0.25, -0.2) is 0 Å². The summed E-state index contributed by atoms with van der Waals surface area (Å²) in [7, 11) is 0. The van der Waals surface area contributed by atoms with Crippen molar-refractivity contribution in [2.24, 2.45) is 0 Å². The van der Waals surface area contributed by atoms with Gasteiger partial charge in [0.25, 0.3) is 0 Å². The Morgan fingerprint density at radius 1 is 1.42 bits per heavy atom. The molecule has 0 spiro atoms. The molecule has 7 heteroatoms. The van der Waals surface area contributed by atoms with Gasteiger partial charge in [-0.15, -0.1) is 5.10 Å². The number of H-pyrrole nitrogens is 1. The number of hydrogen-bond donors (Lipinski definition) is 2. The highest BCUT2D eigenvalue weighted by molar-refractivity contribution is 9.10. The minimum atomic E-state index is 0.460. The van der Waals surface area contributed by atoms with Gasteiger partial charge >= 0.3 is 0 Å². The molecule has 1 fully saturated rings. The molecule has 2 aromatic heterocycles. The van der Waals surface area contributed by atoms with Crippen molar-refractivity contribution in [3.05, 3.63) is 22.8 Å².